The van der Waals surface area contributed by atoms with E-state index in [1.807, 2.05) is 0 Å². The zero-order chi connectivity index (χ0) is 17.0. The van der Waals surface area contributed by atoms with Gasteiger partial charge in [0.05, 0.1) is 17.8 Å². The number of benzene rings is 1. The normalized spacial score (nSPS) is 11.4. The highest BCUT2D eigenvalue weighted by Gasteiger charge is 2.20. The second-order valence-corrected chi connectivity index (χ2v) is 6.85. The van der Waals surface area contributed by atoms with Gasteiger partial charge in [0.1, 0.15) is 16.4 Å². The maximum atomic E-state index is 12.4. The first-order chi connectivity index (χ1) is 10.8. The number of sulfonamides is 1. The first-order valence-electron chi connectivity index (χ1n) is 6.53. The molecule has 7 nitrogen and oxygen atoms in total. The van der Waals surface area contributed by atoms with Crippen molar-refractivity contribution in [1.29, 1.82) is 0 Å². The smallest absolute Gasteiger partial charge is 0.255 e. The molecule has 124 valence electrons. The third-order valence-corrected chi connectivity index (χ3v) is 4.77. The fraction of sp³-hybridized carbons (Fsp3) is 0.214. The predicted octanol–water partition coefficient (Wildman–Crippen LogP) is 1.58. The minimum atomic E-state index is -3.88. The predicted molar refractivity (Wildman–Crippen MR) is 83.6 cm³/mol. The lowest BCUT2D eigenvalue weighted by atomic mass is 10.2. The Morgan fingerprint density at radius 3 is 2.78 bits per heavy atom. The molecule has 0 spiro atoms. The molecule has 2 aromatic rings. The number of ether oxygens (including phenoxy) is 1. The Labute approximate surface area is 138 Å². The highest BCUT2D eigenvalue weighted by molar-refractivity contribution is 7.89. The fourth-order valence-electron chi connectivity index (χ4n) is 1.80. The molecule has 0 fully saturated rings. The molecule has 2 rings (SSSR count). The third kappa shape index (κ3) is 4.47. The summed E-state index contributed by atoms with van der Waals surface area (Å²) in [5, 5.41) is 0.0425. The molecular weight excluding hydrogens is 344 g/mol. The van der Waals surface area contributed by atoms with Gasteiger partial charge in [-0.1, -0.05) is 11.6 Å². The summed E-state index contributed by atoms with van der Waals surface area (Å²) >= 11 is 6.02. The molecule has 1 aromatic carbocycles. The lowest BCUT2D eigenvalue weighted by Gasteiger charge is -2.12. The van der Waals surface area contributed by atoms with E-state index in [1.54, 1.807) is 19.1 Å². The van der Waals surface area contributed by atoms with Crippen LogP contribution in [0.3, 0.4) is 0 Å². The Hall–Kier alpha value is -2.03. The molecule has 9 heteroatoms. The second-order valence-electron chi connectivity index (χ2n) is 4.71. The number of carbonyl (C=O) groups excluding carboxylic acids is 1. The molecule has 0 radical (unpaired) electrons. The Kier molecular flexibility index (Phi) is 5.30. The van der Waals surface area contributed by atoms with Gasteiger partial charge in [-0.2, -0.15) is 0 Å². The van der Waals surface area contributed by atoms with Crippen LogP contribution in [0.5, 0.6) is 5.75 Å². The van der Waals surface area contributed by atoms with E-state index < -0.39 is 15.9 Å². The van der Waals surface area contributed by atoms with Gasteiger partial charge < -0.3 is 14.9 Å². The number of aryl methyl sites for hydroxylation is 1. The molecule has 0 saturated heterocycles. The Balaban J connectivity index is 2.25. The number of primary amides is 1. The number of halogens is 1. The van der Waals surface area contributed by atoms with Crippen LogP contribution in [-0.2, 0) is 21.4 Å². The number of hydrogen-bond donors (Lipinski definition) is 2. The molecule has 0 aliphatic carbocycles. The highest BCUT2D eigenvalue weighted by atomic mass is 35.5. The number of rotatable bonds is 7. The number of hydrogen-bond acceptors (Lipinski definition) is 5. The maximum Gasteiger partial charge on any atom is 0.255 e. The summed E-state index contributed by atoms with van der Waals surface area (Å²) in [6, 6.07) is 5.99. The van der Waals surface area contributed by atoms with Gasteiger partial charge in [0.2, 0.25) is 10.0 Å². The van der Waals surface area contributed by atoms with Gasteiger partial charge in [0.15, 0.2) is 6.61 Å². The lowest BCUT2D eigenvalue weighted by Crippen LogP contribution is -2.24. The van der Waals surface area contributed by atoms with Gasteiger partial charge in [0.25, 0.3) is 5.91 Å². The summed E-state index contributed by atoms with van der Waals surface area (Å²) in [7, 11) is -3.88. The van der Waals surface area contributed by atoms with Crippen molar-refractivity contribution in [3.8, 4) is 5.75 Å². The quantitative estimate of drug-likeness (QED) is 0.780. The average Bonchev–Trinajstić information content (AvgIpc) is 2.97. The molecule has 3 N–H and O–H groups in total. The molecule has 0 unspecified atom stereocenters. The number of amides is 1. The van der Waals surface area contributed by atoms with Crippen LogP contribution in [-0.4, -0.2) is 20.9 Å². The van der Waals surface area contributed by atoms with Crippen molar-refractivity contribution in [2.45, 2.75) is 18.4 Å². The molecule has 0 aliphatic heterocycles. The maximum absolute atomic E-state index is 12.4. The van der Waals surface area contributed by atoms with Crippen molar-refractivity contribution in [2.75, 3.05) is 6.61 Å². The Morgan fingerprint density at radius 2 is 2.17 bits per heavy atom. The molecule has 0 atom stereocenters. The van der Waals surface area contributed by atoms with Crippen LogP contribution >= 0.6 is 11.6 Å². The first kappa shape index (κ1) is 17.3. The van der Waals surface area contributed by atoms with Crippen LogP contribution in [0.4, 0.5) is 0 Å². The van der Waals surface area contributed by atoms with E-state index >= 15 is 0 Å². The molecule has 1 amide bonds. The van der Waals surface area contributed by atoms with E-state index in [1.165, 1.54) is 18.4 Å². The lowest BCUT2D eigenvalue weighted by molar-refractivity contribution is -0.119. The average molecular weight is 359 g/mol. The summed E-state index contributed by atoms with van der Waals surface area (Å²) in [6.07, 6.45) is 1.44. The van der Waals surface area contributed by atoms with Crippen LogP contribution in [0.25, 0.3) is 0 Å². The SMILES string of the molecule is Cc1cc(Cl)c(S(=O)(=O)NCc2ccco2)cc1OCC(N)=O. The zero-order valence-electron chi connectivity index (χ0n) is 12.2. The minimum Gasteiger partial charge on any atom is -0.483 e. The van der Waals surface area contributed by atoms with Crippen LogP contribution in [0, 0.1) is 6.92 Å². The third-order valence-electron chi connectivity index (χ3n) is 2.91. The summed E-state index contributed by atoms with van der Waals surface area (Å²) in [5.41, 5.74) is 5.60. The number of nitrogens with one attached hydrogen (secondary N) is 1. The van der Waals surface area contributed by atoms with Crippen LogP contribution in [0.1, 0.15) is 11.3 Å². The van der Waals surface area contributed by atoms with Crippen LogP contribution in [0.2, 0.25) is 5.02 Å². The Bertz CT molecular complexity index is 803. The van der Waals surface area contributed by atoms with E-state index in [-0.39, 0.29) is 28.8 Å². The van der Waals surface area contributed by atoms with Gasteiger partial charge in [-0.25, -0.2) is 13.1 Å². The van der Waals surface area contributed by atoms with E-state index in [0.717, 1.165) is 0 Å². The molecular formula is C14H15ClN2O5S. The van der Waals surface area contributed by atoms with Crippen molar-refractivity contribution in [3.63, 3.8) is 0 Å². The summed E-state index contributed by atoms with van der Waals surface area (Å²) < 4.78 is 37.4. The van der Waals surface area contributed by atoms with E-state index in [4.69, 9.17) is 26.5 Å². The Morgan fingerprint density at radius 1 is 1.43 bits per heavy atom. The monoisotopic (exact) mass is 358 g/mol. The second kappa shape index (κ2) is 7.03. The molecule has 0 saturated carbocycles. The number of furan rings is 1. The van der Waals surface area contributed by atoms with Gasteiger partial charge in [0, 0.05) is 6.07 Å². The minimum absolute atomic E-state index is 0.0169. The van der Waals surface area contributed by atoms with Crippen molar-refractivity contribution in [1.82, 2.24) is 4.72 Å². The van der Waals surface area contributed by atoms with Crippen molar-refractivity contribution in [3.05, 3.63) is 46.9 Å². The van der Waals surface area contributed by atoms with Crippen LogP contribution in [0.15, 0.2) is 39.8 Å². The van der Waals surface area contributed by atoms with Gasteiger partial charge in [-0.15, -0.1) is 0 Å². The summed E-state index contributed by atoms with van der Waals surface area (Å²) in [4.78, 5) is 10.6. The molecule has 1 aromatic heterocycles. The van der Waals surface area contributed by atoms with Crippen molar-refractivity contribution >= 4 is 27.5 Å². The molecule has 23 heavy (non-hydrogen) atoms. The highest BCUT2D eigenvalue weighted by Crippen LogP contribution is 2.30. The van der Waals surface area contributed by atoms with Gasteiger partial charge in [-0.05, 0) is 30.7 Å². The van der Waals surface area contributed by atoms with Gasteiger partial charge >= 0.3 is 0 Å². The van der Waals surface area contributed by atoms with E-state index in [2.05, 4.69) is 4.72 Å². The van der Waals surface area contributed by atoms with Crippen molar-refractivity contribution < 1.29 is 22.4 Å². The topological polar surface area (TPSA) is 112 Å². The largest absolute Gasteiger partial charge is 0.483 e. The summed E-state index contributed by atoms with van der Waals surface area (Å²) in [6.45, 7) is 1.30. The molecule has 0 bridgehead atoms. The summed E-state index contributed by atoms with van der Waals surface area (Å²) in [5.74, 6) is 0.00767. The van der Waals surface area contributed by atoms with Crippen LogP contribution < -0.4 is 15.2 Å². The fourth-order valence-corrected chi connectivity index (χ4v) is 3.39. The van der Waals surface area contributed by atoms with Crippen molar-refractivity contribution in [2.24, 2.45) is 5.73 Å². The molecule has 1 heterocycles. The number of nitrogens with two attached hydrogens (primary N) is 1. The number of carbonyl (C=O) groups is 1. The van der Waals surface area contributed by atoms with Gasteiger partial charge in [-0.3, -0.25) is 4.79 Å². The standard InChI is InChI=1S/C14H15ClN2O5S/c1-9-5-11(15)13(6-12(9)22-8-14(16)18)23(19,20)17-7-10-3-2-4-21-10/h2-6,17H,7-8H2,1H3,(H2,16,18). The zero-order valence-corrected chi connectivity index (χ0v) is 13.8. The molecule has 0 aliphatic rings. The van der Waals surface area contributed by atoms with E-state index in [0.29, 0.717) is 11.3 Å². The van der Waals surface area contributed by atoms with E-state index in [9.17, 15) is 13.2 Å². The first-order valence-corrected chi connectivity index (χ1v) is 8.39.